The summed E-state index contributed by atoms with van der Waals surface area (Å²) in [5.41, 5.74) is 12.5. The molecule has 2 aromatic heterocycles. The third-order valence-electron chi connectivity index (χ3n) is 9.38. The van der Waals surface area contributed by atoms with Crippen molar-refractivity contribution in [2.75, 3.05) is 84.0 Å². The van der Waals surface area contributed by atoms with E-state index >= 15 is 0 Å². The lowest BCUT2D eigenvalue weighted by Gasteiger charge is -2.34. The number of unbranched alkanes of at least 4 members (excludes halogenated alkanes) is 1. The number of carbonyl (C=O) groups is 1. The lowest BCUT2D eigenvalue weighted by molar-refractivity contribution is -0.121. The zero-order valence-electron chi connectivity index (χ0n) is 30.0. The second-order valence-corrected chi connectivity index (χ2v) is 13.4. The lowest BCUT2D eigenvalue weighted by Crippen LogP contribution is -2.44. The van der Waals surface area contributed by atoms with Gasteiger partial charge in [0.15, 0.2) is 0 Å². The Morgan fingerprint density at radius 1 is 0.765 bits per heavy atom. The number of imidazole rings is 2. The molecule has 12 heteroatoms. The number of likely N-dealkylation sites (N-methyl/N-ethyl adjacent to an activating group) is 1. The Kier molecular flexibility index (Phi) is 13.3. The molecule has 1 amide bonds. The molecule has 0 aliphatic carbocycles. The maximum atomic E-state index is 12.3. The molecule has 0 radical (unpaired) electrons. The highest BCUT2D eigenvalue weighted by Crippen LogP contribution is 2.29. The average Bonchev–Trinajstić information content (AvgIpc) is 3.78. The molecule has 272 valence electrons. The first-order valence-electron chi connectivity index (χ1n) is 18.6. The highest BCUT2D eigenvalue weighted by Gasteiger charge is 2.16. The largest absolute Gasteiger partial charge is 0.494 e. The molecule has 1 fully saturated rings. The number of carbonyl (C=O) groups excluding carboxylic acids is 1. The number of nitrogens with one attached hydrogen (secondary N) is 5. The van der Waals surface area contributed by atoms with Crippen molar-refractivity contribution < 1.29 is 9.53 Å². The molecule has 3 aromatic carbocycles. The highest BCUT2D eigenvalue weighted by atomic mass is 16.5. The van der Waals surface area contributed by atoms with E-state index in [-0.39, 0.29) is 5.91 Å². The number of piperazine rings is 1. The number of aromatic nitrogens is 4. The van der Waals surface area contributed by atoms with E-state index in [1.165, 1.54) is 5.69 Å². The summed E-state index contributed by atoms with van der Waals surface area (Å²) >= 11 is 0. The summed E-state index contributed by atoms with van der Waals surface area (Å²) in [6.45, 7) is 10.1. The van der Waals surface area contributed by atoms with Gasteiger partial charge in [-0.15, -0.1) is 0 Å². The first kappa shape index (κ1) is 36.3. The fraction of sp³-hybridized carbons (Fsp3) is 0.462. The van der Waals surface area contributed by atoms with Crippen molar-refractivity contribution >= 4 is 33.7 Å². The second kappa shape index (κ2) is 18.7. The Bertz CT molecular complexity index is 1830. The molecule has 51 heavy (non-hydrogen) atoms. The fourth-order valence-corrected chi connectivity index (χ4v) is 6.35. The number of rotatable bonds is 20. The Labute approximate surface area is 300 Å². The molecular formula is C39H54N10O2. The lowest BCUT2D eigenvalue weighted by atomic mass is 10.2. The molecule has 0 atom stereocenters. The number of hydrogen-bond donors (Lipinski definition) is 6. The van der Waals surface area contributed by atoms with Crippen LogP contribution in [0.25, 0.3) is 44.8 Å². The van der Waals surface area contributed by atoms with Crippen LogP contribution in [0.3, 0.4) is 0 Å². The van der Waals surface area contributed by atoms with E-state index in [0.717, 1.165) is 135 Å². The number of nitrogens with two attached hydrogens (primary N) is 1. The van der Waals surface area contributed by atoms with Gasteiger partial charge in [0.1, 0.15) is 17.4 Å². The van der Waals surface area contributed by atoms with Crippen molar-refractivity contribution in [1.29, 1.82) is 0 Å². The minimum Gasteiger partial charge on any atom is -0.494 e. The number of H-pyrrole nitrogens is 2. The summed E-state index contributed by atoms with van der Waals surface area (Å²) in [7, 11) is 2.18. The van der Waals surface area contributed by atoms with Gasteiger partial charge in [-0.2, -0.15) is 0 Å². The summed E-state index contributed by atoms with van der Waals surface area (Å²) in [6, 6.07) is 20.6. The molecular weight excluding hydrogens is 640 g/mol. The van der Waals surface area contributed by atoms with Crippen LogP contribution in [0, 0.1) is 0 Å². The third kappa shape index (κ3) is 10.5. The molecule has 12 nitrogen and oxygen atoms in total. The zero-order chi connectivity index (χ0) is 35.3. The molecule has 1 saturated heterocycles. The van der Waals surface area contributed by atoms with Gasteiger partial charge in [0.2, 0.25) is 5.91 Å². The van der Waals surface area contributed by atoms with Crippen molar-refractivity contribution in [3.8, 4) is 28.5 Å². The molecule has 0 unspecified atom stereocenters. The Morgan fingerprint density at radius 3 is 2.18 bits per heavy atom. The van der Waals surface area contributed by atoms with E-state index < -0.39 is 0 Å². The Morgan fingerprint density at radius 2 is 1.43 bits per heavy atom. The van der Waals surface area contributed by atoms with Crippen LogP contribution in [0.1, 0.15) is 38.5 Å². The summed E-state index contributed by atoms with van der Waals surface area (Å²) in [4.78, 5) is 33.8. The van der Waals surface area contributed by atoms with Crippen molar-refractivity contribution in [3.05, 3.63) is 60.7 Å². The normalized spacial score (nSPS) is 13.7. The second-order valence-electron chi connectivity index (χ2n) is 13.4. The van der Waals surface area contributed by atoms with E-state index in [0.29, 0.717) is 26.0 Å². The van der Waals surface area contributed by atoms with Crippen LogP contribution < -0.4 is 31.3 Å². The fourth-order valence-electron chi connectivity index (χ4n) is 6.35. The van der Waals surface area contributed by atoms with Crippen LogP contribution in [0.15, 0.2) is 60.7 Å². The monoisotopic (exact) mass is 694 g/mol. The van der Waals surface area contributed by atoms with Crippen LogP contribution in [-0.4, -0.2) is 110 Å². The van der Waals surface area contributed by atoms with Gasteiger partial charge < -0.3 is 46.2 Å². The van der Waals surface area contributed by atoms with Crippen LogP contribution in [-0.2, 0) is 4.79 Å². The van der Waals surface area contributed by atoms with Crippen molar-refractivity contribution in [3.63, 3.8) is 0 Å². The number of ether oxygens (including phenoxy) is 1. The molecule has 6 rings (SSSR count). The first-order chi connectivity index (χ1) is 25.1. The van der Waals surface area contributed by atoms with Crippen molar-refractivity contribution in [1.82, 2.24) is 40.8 Å². The quantitative estimate of drug-likeness (QED) is 0.0647. The summed E-state index contributed by atoms with van der Waals surface area (Å²) in [6.07, 6.45) is 5.35. The van der Waals surface area contributed by atoms with Gasteiger partial charge in [-0.25, -0.2) is 9.97 Å². The standard InChI is InChI=1S/C39H54N10O2/c1-48-21-23-49(24-22-48)31-12-14-34-36(28-31)47-39(45-34)30-11-13-33-35(27-30)46-38(44-33)29-8-4-9-32(26-29)51-25-5-10-37(50)43-20-7-19-42-17-3-2-16-41-18-6-15-40/h4,8-9,11-14,26-28,41-42H,2-3,5-7,10,15-25,40H2,1H3,(H,43,50)(H,44,46)(H,45,47). The smallest absolute Gasteiger partial charge is 0.220 e. The van der Waals surface area contributed by atoms with Crippen LogP contribution in [0.4, 0.5) is 5.69 Å². The van der Waals surface area contributed by atoms with E-state index in [1.807, 2.05) is 30.3 Å². The van der Waals surface area contributed by atoms with Gasteiger partial charge in [-0.05, 0) is 120 Å². The number of aromatic amines is 2. The highest BCUT2D eigenvalue weighted by molar-refractivity contribution is 5.87. The van der Waals surface area contributed by atoms with Crippen LogP contribution in [0.5, 0.6) is 5.75 Å². The number of benzene rings is 3. The molecule has 0 spiro atoms. The number of amides is 1. The molecule has 0 saturated carbocycles. The third-order valence-corrected chi connectivity index (χ3v) is 9.38. The maximum absolute atomic E-state index is 12.3. The summed E-state index contributed by atoms with van der Waals surface area (Å²) in [5, 5.41) is 9.86. The number of fused-ring (bicyclic) bond motifs is 2. The predicted molar refractivity (Wildman–Crippen MR) is 207 cm³/mol. The minimum atomic E-state index is 0.0654. The number of nitrogens with zero attached hydrogens (tertiary/aromatic N) is 4. The predicted octanol–water partition coefficient (Wildman–Crippen LogP) is 4.50. The van der Waals surface area contributed by atoms with Crippen LogP contribution >= 0.6 is 0 Å². The van der Waals surface area contributed by atoms with Crippen molar-refractivity contribution in [2.45, 2.75) is 38.5 Å². The van der Waals surface area contributed by atoms with E-state index in [4.69, 9.17) is 20.4 Å². The van der Waals surface area contributed by atoms with Gasteiger partial charge in [0, 0.05) is 56.0 Å². The Balaban J connectivity index is 0.930. The SMILES string of the molecule is CN1CCN(c2ccc3nc(-c4ccc5nc(-c6cccc(OCCCC(=O)NCCCNCCCCNCCCN)c6)[nH]c5c4)[nH]c3c2)CC1. The van der Waals surface area contributed by atoms with Crippen molar-refractivity contribution in [2.24, 2.45) is 5.73 Å². The van der Waals surface area contributed by atoms with Gasteiger partial charge in [-0.3, -0.25) is 4.79 Å². The van der Waals surface area contributed by atoms with E-state index in [9.17, 15) is 4.79 Å². The average molecular weight is 695 g/mol. The van der Waals surface area contributed by atoms with Gasteiger partial charge in [0.25, 0.3) is 0 Å². The molecule has 1 aliphatic heterocycles. The van der Waals surface area contributed by atoms with Crippen LogP contribution in [0.2, 0.25) is 0 Å². The topological polar surface area (TPSA) is 152 Å². The van der Waals surface area contributed by atoms with Gasteiger partial charge >= 0.3 is 0 Å². The molecule has 3 heterocycles. The molecule has 5 aromatic rings. The molecule has 1 aliphatic rings. The summed E-state index contributed by atoms with van der Waals surface area (Å²) < 4.78 is 6.01. The first-order valence-corrected chi connectivity index (χ1v) is 18.6. The van der Waals surface area contributed by atoms with Gasteiger partial charge in [0.05, 0.1) is 28.7 Å². The minimum absolute atomic E-state index is 0.0654. The Hall–Kier alpha value is -4.49. The zero-order valence-corrected chi connectivity index (χ0v) is 30.0. The molecule has 0 bridgehead atoms. The van der Waals surface area contributed by atoms with Gasteiger partial charge in [-0.1, -0.05) is 12.1 Å². The van der Waals surface area contributed by atoms with E-state index in [2.05, 4.69) is 73.1 Å². The maximum Gasteiger partial charge on any atom is 0.220 e. The number of hydrogen-bond acceptors (Lipinski definition) is 9. The summed E-state index contributed by atoms with van der Waals surface area (Å²) in [5.74, 6) is 2.43. The van der Waals surface area contributed by atoms with E-state index in [1.54, 1.807) is 0 Å². The molecule has 7 N–H and O–H groups in total. The number of anilines is 1.